The summed E-state index contributed by atoms with van der Waals surface area (Å²) in [6.45, 7) is 1.91. The van der Waals surface area contributed by atoms with Crippen LogP contribution in [0.15, 0.2) is 41.7 Å². The highest BCUT2D eigenvalue weighted by Crippen LogP contribution is 2.17. The Labute approximate surface area is 104 Å². The summed E-state index contributed by atoms with van der Waals surface area (Å²) in [5.41, 5.74) is 0.913. The van der Waals surface area contributed by atoms with Crippen molar-refractivity contribution in [1.82, 2.24) is 4.98 Å². The van der Waals surface area contributed by atoms with E-state index in [0.717, 1.165) is 5.39 Å². The summed E-state index contributed by atoms with van der Waals surface area (Å²) in [6, 6.07) is 8.97. The number of rotatable bonds is 3. The zero-order valence-electron chi connectivity index (χ0n) is 9.83. The van der Waals surface area contributed by atoms with E-state index < -0.39 is 5.97 Å². The fourth-order valence-corrected chi connectivity index (χ4v) is 1.70. The zero-order chi connectivity index (χ0) is 13.0. The largest absolute Gasteiger partial charge is 0.461 e. The Kier molecular flexibility index (Phi) is 3.52. The number of carbonyl (C=O) groups is 1. The molecule has 92 valence electrons. The second kappa shape index (κ2) is 5.27. The van der Waals surface area contributed by atoms with Crippen molar-refractivity contribution in [2.45, 2.75) is 6.92 Å². The van der Waals surface area contributed by atoms with Gasteiger partial charge in [0, 0.05) is 17.1 Å². The van der Waals surface area contributed by atoms with E-state index in [9.17, 15) is 4.79 Å². The second-order valence-corrected chi connectivity index (χ2v) is 3.55. The summed E-state index contributed by atoms with van der Waals surface area (Å²) in [5, 5.41) is 12.9. The van der Waals surface area contributed by atoms with Gasteiger partial charge in [0.25, 0.3) is 0 Å². The molecule has 1 aromatic carbocycles. The molecule has 5 heteroatoms. The molecular weight excluding hydrogens is 232 g/mol. The number of nitrogens with zero attached hydrogens (tertiary/aromatic N) is 2. The Hall–Kier alpha value is -2.43. The van der Waals surface area contributed by atoms with Crippen LogP contribution in [0.2, 0.25) is 0 Å². The van der Waals surface area contributed by atoms with Crippen LogP contribution in [0.1, 0.15) is 12.5 Å². The van der Waals surface area contributed by atoms with Crippen molar-refractivity contribution in [1.29, 1.82) is 0 Å². The van der Waals surface area contributed by atoms with E-state index in [1.54, 1.807) is 31.3 Å². The maximum absolute atomic E-state index is 11.7. The van der Waals surface area contributed by atoms with Crippen LogP contribution in [0.4, 0.5) is 0 Å². The van der Waals surface area contributed by atoms with Crippen molar-refractivity contribution in [3.63, 3.8) is 0 Å². The monoisotopic (exact) mass is 244 g/mol. The standard InChI is InChI=1S/C13H12N2O3/c1-2-18-13(16)12(15-17)10-7-3-5-9-6-4-8-14-11(9)10/h3-8,17H,2H2,1H3/b15-12+. The first-order valence-electron chi connectivity index (χ1n) is 5.51. The first-order chi connectivity index (χ1) is 8.77. The summed E-state index contributed by atoms with van der Waals surface area (Å²) in [5.74, 6) is -0.668. The molecule has 0 aliphatic rings. The molecule has 0 spiro atoms. The molecule has 0 aliphatic carbocycles. The van der Waals surface area contributed by atoms with Gasteiger partial charge in [-0.2, -0.15) is 0 Å². The molecule has 1 N–H and O–H groups in total. The quantitative estimate of drug-likeness (QED) is 0.388. The van der Waals surface area contributed by atoms with Gasteiger partial charge in [-0.1, -0.05) is 29.4 Å². The van der Waals surface area contributed by atoms with E-state index in [2.05, 4.69) is 10.1 Å². The number of carbonyl (C=O) groups excluding carboxylic acids is 1. The van der Waals surface area contributed by atoms with Gasteiger partial charge in [-0.3, -0.25) is 4.98 Å². The number of hydrogen-bond donors (Lipinski definition) is 1. The van der Waals surface area contributed by atoms with Crippen molar-refractivity contribution >= 4 is 22.6 Å². The van der Waals surface area contributed by atoms with Crippen LogP contribution in [0.5, 0.6) is 0 Å². The van der Waals surface area contributed by atoms with Gasteiger partial charge in [0.15, 0.2) is 5.71 Å². The number of hydrogen-bond acceptors (Lipinski definition) is 5. The molecular formula is C13H12N2O3. The molecule has 0 amide bonds. The van der Waals surface area contributed by atoms with Crippen molar-refractivity contribution in [3.8, 4) is 0 Å². The van der Waals surface area contributed by atoms with Gasteiger partial charge < -0.3 is 9.94 Å². The molecule has 5 nitrogen and oxygen atoms in total. The third-order valence-corrected chi connectivity index (χ3v) is 2.46. The highest BCUT2D eigenvalue weighted by atomic mass is 16.5. The number of pyridine rings is 1. The molecule has 0 atom stereocenters. The molecule has 0 saturated carbocycles. The third kappa shape index (κ3) is 2.15. The second-order valence-electron chi connectivity index (χ2n) is 3.55. The Morgan fingerprint density at radius 3 is 2.89 bits per heavy atom. The summed E-state index contributed by atoms with van der Waals surface area (Å²) in [4.78, 5) is 15.9. The maximum Gasteiger partial charge on any atom is 0.361 e. The van der Waals surface area contributed by atoms with Crippen LogP contribution in [-0.2, 0) is 9.53 Å². The lowest BCUT2D eigenvalue weighted by molar-refractivity contribution is -0.135. The Bertz CT molecular complexity index is 603. The number of oxime groups is 1. The number of aromatic nitrogens is 1. The minimum Gasteiger partial charge on any atom is -0.461 e. The van der Waals surface area contributed by atoms with Gasteiger partial charge in [-0.05, 0) is 13.0 Å². The van der Waals surface area contributed by atoms with E-state index in [1.807, 2.05) is 12.1 Å². The topological polar surface area (TPSA) is 71.8 Å². The van der Waals surface area contributed by atoms with Gasteiger partial charge in [-0.25, -0.2) is 4.79 Å². The summed E-state index contributed by atoms with van der Waals surface area (Å²) >= 11 is 0. The summed E-state index contributed by atoms with van der Waals surface area (Å²) in [6.07, 6.45) is 1.62. The number of benzene rings is 1. The molecule has 0 radical (unpaired) electrons. The Balaban J connectivity index is 2.56. The SMILES string of the molecule is CCOC(=O)/C(=N/O)c1cccc2cccnc12. The van der Waals surface area contributed by atoms with Crippen molar-refractivity contribution in [3.05, 3.63) is 42.1 Å². The fourth-order valence-electron chi connectivity index (χ4n) is 1.70. The highest BCUT2D eigenvalue weighted by Gasteiger charge is 2.18. The molecule has 1 heterocycles. The normalized spacial score (nSPS) is 11.5. The molecule has 18 heavy (non-hydrogen) atoms. The van der Waals surface area contributed by atoms with Crippen LogP contribution in [0, 0.1) is 0 Å². The van der Waals surface area contributed by atoms with E-state index in [-0.39, 0.29) is 12.3 Å². The van der Waals surface area contributed by atoms with E-state index in [0.29, 0.717) is 11.1 Å². The van der Waals surface area contributed by atoms with Gasteiger partial charge in [-0.15, -0.1) is 0 Å². The smallest absolute Gasteiger partial charge is 0.361 e. The van der Waals surface area contributed by atoms with Crippen LogP contribution in [0.25, 0.3) is 10.9 Å². The molecule has 0 unspecified atom stereocenters. The molecule has 0 bridgehead atoms. The van der Waals surface area contributed by atoms with E-state index >= 15 is 0 Å². The molecule has 2 rings (SSSR count). The Morgan fingerprint density at radius 2 is 2.17 bits per heavy atom. The highest BCUT2D eigenvalue weighted by molar-refractivity contribution is 6.45. The maximum atomic E-state index is 11.7. The first kappa shape index (κ1) is 12.0. The van der Waals surface area contributed by atoms with Crippen molar-refractivity contribution < 1.29 is 14.7 Å². The summed E-state index contributed by atoms with van der Waals surface area (Å²) < 4.78 is 4.84. The van der Waals surface area contributed by atoms with Gasteiger partial charge in [0.05, 0.1) is 12.1 Å². The Morgan fingerprint density at radius 1 is 1.39 bits per heavy atom. The zero-order valence-corrected chi connectivity index (χ0v) is 9.83. The third-order valence-electron chi connectivity index (χ3n) is 2.46. The van der Waals surface area contributed by atoms with E-state index in [1.165, 1.54) is 0 Å². The average molecular weight is 244 g/mol. The molecule has 1 aromatic heterocycles. The lowest BCUT2D eigenvalue weighted by Crippen LogP contribution is -2.19. The minimum atomic E-state index is -0.668. The van der Waals surface area contributed by atoms with E-state index in [4.69, 9.17) is 9.94 Å². The number of fused-ring (bicyclic) bond motifs is 1. The first-order valence-corrected chi connectivity index (χ1v) is 5.51. The van der Waals surface area contributed by atoms with Crippen molar-refractivity contribution in [2.75, 3.05) is 6.61 Å². The average Bonchev–Trinajstić information content (AvgIpc) is 2.40. The fraction of sp³-hybridized carbons (Fsp3) is 0.154. The van der Waals surface area contributed by atoms with Crippen LogP contribution in [-0.4, -0.2) is 28.5 Å². The van der Waals surface area contributed by atoms with Gasteiger partial charge in [0.2, 0.25) is 0 Å². The molecule has 0 saturated heterocycles. The minimum absolute atomic E-state index is 0.138. The predicted molar refractivity (Wildman–Crippen MR) is 66.7 cm³/mol. The molecule has 0 fully saturated rings. The van der Waals surface area contributed by atoms with Crippen molar-refractivity contribution in [2.24, 2.45) is 5.16 Å². The van der Waals surface area contributed by atoms with Crippen LogP contribution < -0.4 is 0 Å². The number of ether oxygens (including phenoxy) is 1. The van der Waals surface area contributed by atoms with Crippen LogP contribution in [0.3, 0.4) is 0 Å². The van der Waals surface area contributed by atoms with Gasteiger partial charge >= 0.3 is 5.97 Å². The molecule has 0 aliphatic heterocycles. The number of para-hydroxylation sites is 1. The predicted octanol–water partition coefficient (Wildman–Crippen LogP) is 1.98. The van der Waals surface area contributed by atoms with Crippen LogP contribution >= 0.6 is 0 Å². The molecule has 2 aromatic rings. The lowest BCUT2D eigenvalue weighted by Gasteiger charge is -2.06. The lowest BCUT2D eigenvalue weighted by atomic mass is 10.1. The summed E-state index contributed by atoms with van der Waals surface area (Å²) in [7, 11) is 0. The number of esters is 1. The van der Waals surface area contributed by atoms with Gasteiger partial charge in [0.1, 0.15) is 0 Å².